The van der Waals surface area contributed by atoms with Crippen LogP contribution in [0.3, 0.4) is 0 Å². The fourth-order valence-electron chi connectivity index (χ4n) is 8.29. The molecule has 0 radical (unpaired) electrons. The number of benzene rings is 3. The molecule has 2 heterocycles. The van der Waals surface area contributed by atoms with Gasteiger partial charge in [-0.05, 0) is 170 Å². The van der Waals surface area contributed by atoms with E-state index in [2.05, 4.69) is 30.5 Å². The van der Waals surface area contributed by atoms with Crippen LogP contribution in [-0.2, 0) is 35.5 Å². The van der Waals surface area contributed by atoms with Crippen LogP contribution < -0.4 is 15.4 Å². The Kier molecular flexibility index (Phi) is 15.8. The number of amides is 3. The van der Waals surface area contributed by atoms with Gasteiger partial charge in [-0.3, -0.25) is 9.59 Å². The molecule has 1 saturated carbocycles. The molecule has 3 aromatic carbocycles. The van der Waals surface area contributed by atoms with Gasteiger partial charge in [0, 0.05) is 55.2 Å². The van der Waals surface area contributed by atoms with Crippen molar-refractivity contribution in [1.82, 2.24) is 30.1 Å². The summed E-state index contributed by atoms with van der Waals surface area (Å²) in [6.45, 7) is 14.0. The summed E-state index contributed by atoms with van der Waals surface area (Å²) in [5.74, 6) is -0.490. The van der Waals surface area contributed by atoms with Gasteiger partial charge >= 0.3 is 12.2 Å². The van der Waals surface area contributed by atoms with Gasteiger partial charge < -0.3 is 25.0 Å². The third kappa shape index (κ3) is 14.3. The minimum absolute atomic E-state index is 0.0338. The normalized spacial score (nSPS) is 17.8. The third-order valence-electron chi connectivity index (χ3n) is 11.6. The molecule has 0 bridgehead atoms. The number of hydrogen-bond donors (Lipinski definition) is 4. The Balaban J connectivity index is 1.12. The maximum absolute atomic E-state index is 14.1. The lowest BCUT2D eigenvalue weighted by Gasteiger charge is -2.33. The molecule has 350 valence electrons. The fourth-order valence-corrected chi connectivity index (χ4v) is 9.80. The highest BCUT2D eigenvalue weighted by atomic mass is 35.5. The molecule has 1 aromatic heterocycles. The van der Waals surface area contributed by atoms with E-state index in [-0.39, 0.29) is 52.6 Å². The number of carbonyl (C=O) groups is 4. The molecular weight excluding hydrogens is 870 g/mol. The highest BCUT2D eigenvalue weighted by Gasteiger charge is 2.32. The Morgan fingerprint density at radius 2 is 1.54 bits per heavy atom. The van der Waals surface area contributed by atoms with E-state index < -0.39 is 39.3 Å². The number of anilines is 1. The highest BCUT2D eigenvalue weighted by molar-refractivity contribution is 7.89. The van der Waals surface area contributed by atoms with Gasteiger partial charge in [-0.2, -0.15) is 10.1 Å². The van der Waals surface area contributed by atoms with Gasteiger partial charge in [0.15, 0.2) is 5.82 Å². The molecule has 3 amide bonds. The van der Waals surface area contributed by atoms with Crippen molar-refractivity contribution in [3.8, 4) is 22.5 Å². The first-order valence-electron chi connectivity index (χ1n) is 22.3. The number of nitrogens with one attached hydrogen (secondary N) is 4. The molecule has 1 aliphatic carbocycles. The van der Waals surface area contributed by atoms with Crippen LogP contribution in [0.4, 0.5) is 15.3 Å². The molecule has 1 aliphatic heterocycles. The van der Waals surface area contributed by atoms with Gasteiger partial charge in [-0.15, -0.1) is 0 Å². The number of ketones is 1. The van der Waals surface area contributed by atoms with Crippen LogP contribution in [0.25, 0.3) is 22.5 Å². The predicted octanol–water partition coefficient (Wildman–Crippen LogP) is 8.87. The summed E-state index contributed by atoms with van der Waals surface area (Å²) in [6.07, 6.45) is 3.31. The largest absolute Gasteiger partial charge is 0.444 e. The zero-order valence-corrected chi connectivity index (χ0v) is 39.9. The smallest absolute Gasteiger partial charge is 0.410 e. The standard InChI is InChI=1S/C48H62ClN7O8S/c1-30-25-39(65(61,62)55-38-21-23-56(24-22-38)46(60)64-48(5,6)7)19-20-40(30)35-10-8-9-32(26-35)27-36(43(58)51-37-17-15-34(16-18-37)42-52-44(49)54-53-42)28-41(57)33-13-11-31(12-14-33)29-50-45(59)63-47(2,3)4/h8-10,15-20,25-26,31,33,36,38,55H,11-14,21-24,27-29H2,1-7H3,(H,50,59)(H,51,58)(H,52,53,54)/t31?,33?,36-/m1/s1. The van der Waals surface area contributed by atoms with Crippen LogP contribution >= 0.6 is 11.6 Å². The van der Waals surface area contributed by atoms with Crippen molar-refractivity contribution < 1.29 is 37.1 Å². The van der Waals surface area contributed by atoms with E-state index in [1.165, 1.54) is 0 Å². The van der Waals surface area contributed by atoms with Gasteiger partial charge in [0.05, 0.1) is 4.90 Å². The van der Waals surface area contributed by atoms with Gasteiger partial charge in [0.25, 0.3) is 0 Å². The van der Waals surface area contributed by atoms with E-state index in [1.54, 1.807) is 47.4 Å². The summed E-state index contributed by atoms with van der Waals surface area (Å²) in [7, 11) is -3.86. The summed E-state index contributed by atoms with van der Waals surface area (Å²) >= 11 is 5.92. The molecule has 4 aromatic rings. The predicted molar refractivity (Wildman–Crippen MR) is 250 cm³/mol. The second-order valence-corrected chi connectivity index (χ2v) is 21.3. The zero-order chi connectivity index (χ0) is 47.1. The van der Waals surface area contributed by atoms with E-state index >= 15 is 0 Å². The molecule has 0 spiro atoms. The fraction of sp³-hybridized carbons (Fsp3) is 0.500. The number of rotatable bonds is 14. The number of nitrogens with zero attached hydrogens (tertiary/aromatic N) is 3. The minimum Gasteiger partial charge on any atom is -0.444 e. The number of aromatic amines is 1. The van der Waals surface area contributed by atoms with Crippen LogP contribution in [-0.4, -0.2) is 89.3 Å². The molecule has 6 rings (SSSR count). The number of piperidine rings is 1. The Hall–Kier alpha value is -5.32. The first kappa shape index (κ1) is 49.1. The van der Waals surface area contributed by atoms with E-state index in [9.17, 15) is 27.6 Å². The van der Waals surface area contributed by atoms with E-state index in [0.717, 1.165) is 35.1 Å². The molecule has 2 fully saturated rings. The Morgan fingerprint density at radius 3 is 2.15 bits per heavy atom. The first-order chi connectivity index (χ1) is 30.6. The molecule has 17 heteroatoms. The van der Waals surface area contributed by atoms with E-state index in [1.807, 2.05) is 72.7 Å². The molecule has 1 saturated heterocycles. The number of Topliss-reactive ketones (excluding diaryl/α,β-unsaturated/α-hetero) is 1. The topological polar surface area (TPSA) is 202 Å². The summed E-state index contributed by atoms with van der Waals surface area (Å²) in [5, 5.41) is 12.7. The molecule has 0 unspecified atom stereocenters. The van der Waals surface area contributed by atoms with Crippen LogP contribution in [0.15, 0.2) is 71.6 Å². The Labute approximate surface area is 387 Å². The summed E-state index contributed by atoms with van der Waals surface area (Å²) in [6, 6.07) is 19.5. The summed E-state index contributed by atoms with van der Waals surface area (Å²) in [4.78, 5) is 58.7. The van der Waals surface area contributed by atoms with E-state index in [0.29, 0.717) is 62.4 Å². The van der Waals surface area contributed by atoms with Gasteiger partial charge in [0.1, 0.15) is 17.0 Å². The number of aryl methyl sites for hydroxylation is 1. The van der Waals surface area contributed by atoms with Crippen molar-refractivity contribution in [2.45, 2.75) is 122 Å². The number of alkyl carbamates (subject to hydrolysis) is 1. The Morgan fingerprint density at radius 1 is 0.862 bits per heavy atom. The first-order valence-corrected chi connectivity index (χ1v) is 24.2. The van der Waals surface area contributed by atoms with Crippen molar-refractivity contribution >= 4 is 51.2 Å². The molecule has 1 atom stereocenters. The van der Waals surface area contributed by atoms with Gasteiger partial charge in [0.2, 0.25) is 21.2 Å². The lowest BCUT2D eigenvalue weighted by molar-refractivity contribution is -0.129. The number of halogens is 1. The van der Waals surface area contributed by atoms with Crippen molar-refractivity contribution in [1.29, 1.82) is 0 Å². The zero-order valence-electron chi connectivity index (χ0n) is 38.3. The van der Waals surface area contributed by atoms with Crippen LogP contribution in [0.5, 0.6) is 0 Å². The van der Waals surface area contributed by atoms with E-state index in [4.69, 9.17) is 21.1 Å². The number of aromatic nitrogens is 3. The van der Waals surface area contributed by atoms with Gasteiger partial charge in [-0.1, -0.05) is 30.3 Å². The van der Waals surface area contributed by atoms with Crippen molar-refractivity contribution in [3.05, 3.63) is 83.1 Å². The molecule has 2 aliphatic rings. The highest BCUT2D eigenvalue weighted by Crippen LogP contribution is 2.33. The number of H-pyrrole nitrogens is 1. The molecule has 65 heavy (non-hydrogen) atoms. The average Bonchev–Trinajstić information content (AvgIpc) is 3.68. The van der Waals surface area contributed by atoms with Crippen molar-refractivity contribution in [2.75, 3.05) is 25.0 Å². The average molecular weight is 933 g/mol. The van der Waals surface area contributed by atoms with Crippen LogP contribution in [0, 0.1) is 24.7 Å². The second kappa shape index (κ2) is 20.9. The van der Waals surface area contributed by atoms with Crippen molar-refractivity contribution in [2.24, 2.45) is 17.8 Å². The molecule has 4 N–H and O–H groups in total. The Bertz CT molecular complexity index is 2430. The quantitative estimate of drug-likeness (QED) is 0.0946. The summed E-state index contributed by atoms with van der Waals surface area (Å²) in [5.41, 5.74) is 3.34. The van der Waals surface area contributed by atoms with Crippen LogP contribution in [0.1, 0.15) is 97.6 Å². The second-order valence-electron chi connectivity index (χ2n) is 19.2. The number of ether oxygens (including phenoxy) is 2. The number of likely N-dealkylation sites (tertiary alicyclic amines) is 1. The number of hydrogen-bond acceptors (Lipinski definition) is 10. The lowest BCUT2D eigenvalue weighted by atomic mass is 9.77. The molecule has 15 nitrogen and oxygen atoms in total. The van der Waals surface area contributed by atoms with Crippen molar-refractivity contribution in [3.63, 3.8) is 0 Å². The monoisotopic (exact) mass is 931 g/mol. The minimum atomic E-state index is -3.86. The van der Waals surface area contributed by atoms with Gasteiger partial charge in [-0.25, -0.2) is 27.8 Å². The number of sulfonamides is 1. The van der Waals surface area contributed by atoms with Crippen LogP contribution in [0.2, 0.25) is 5.28 Å². The lowest BCUT2D eigenvalue weighted by Crippen LogP contribution is -2.47. The molecular formula is C48H62ClN7O8S. The number of carbonyl (C=O) groups excluding carboxylic acids is 4. The maximum atomic E-state index is 14.1. The maximum Gasteiger partial charge on any atom is 0.410 e. The third-order valence-corrected chi connectivity index (χ3v) is 13.3. The SMILES string of the molecule is Cc1cc(S(=O)(=O)NC2CCN(C(=O)OC(C)(C)C)CC2)ccc1-c1cccc(C[C@H](CC(=O)C2CCC(CNC(=O)OC(C)(C)C)CC2)C(=O)Nc2ccc(-c3n[nH]c(Cl)n3)cc2)c1. The summed E-state index contributed by atoms with van der Waals surface area (Å²) < 4.78 is 40.8.